The second kappa shape index (κ2) is 6.67. The third-order valence-electron chi connectivity index (χ3n) is 4.14. The molecule has 3 amide bonds. The fourth-order valence-corrected chi connectivity index (χ4v) is 4.02. The van der Waals surface area contributed by atoms with Crippen LogP contribution in [-0.2, 0) is 11.3 Å². The predicted molar refractivity (Wildman–Crippen MR) is 96.3 cm³/mol. The molecule has 25 heavy (non-hydrogen) atoms. The van der Waals surface area contributed by atoms with Crippen molar-refractivity contribution in [2.75, 3.05) is 19.6 Å². The van der Waals surface area contributed by atoms with E-state index in [4.69, 9.17) is 4.74 Å². The lowest BCUT2D eigenvalue weighted by Crippen LogP contribution is -2.33. The fourth-order valence-electron chi connectivity index (χ4n) is 3.07. The number of hydrogen-bond acceptors (Lipinski definition) is 5. The second-order valence-corrected chi connectivity index (χ2v) is 8.24. The normalized spacial score (nSPS) is 19.9. The Bertz CT molecular complexity index is 707. The number of ether oxygens (including phenoxy) is 1. The van der Waals surface area contributed by atoms with E-state index in [1.165, 1.54) is 0 Å². The molecule has 3 heterocycles. The summed E-state index contributed by atoms with van der Waals surface area (Å²) in [5.74, 6) is 0. The molecular formula is C17H24N4O3S. The molecular weight excluding hydrogens is 340 g/mol. The van der Waals surface area contributed by atoms with Crippen molar-refractivity contribution in [2.45, 2.75) is 45.9 Å². The number of fused-ring (bicyclic) bond motifs is 2. The molecule has 1 atom stereocenters. The van der Waals surface area contributed by atoms with Gasteiger partial charge in [-0.25, -0.2) is 14.6 Å². The molecule has 136 valence electrons. The number of nitrogens with one attached hydrogen (secondary N) is 1. The average molecular weight is 364 g/mol. The van der Waals surface area contributed by atoms with Crippen molar-refractivity contribution in [2.24, 2.45) is 0 Å². The molecule has 0 radical (unpaired) electrons. The molecule has 1 unspecified atom stereocenters. The van der Waals surface area contributed by atoms with Crippen LogP contribution in [0.4, 0.5) is 9.59 Å². The Morgan fingerprint density at radius 3 is 2.92 bits per heavy atom. The minimum absolute atomic E-state index is 0.0957. The standard InChI is InChI=1S/C17H24N4O3S/c1-5-21-12-10-20(16(21)23)7-6-11(12)13-8-18-14(25-13)9-19-15(22)24-17(2,3)4/h6,8,12H,5,7,9-10H2,1-4H3,(H,19,22). The number of urea groups is 1. The van der Waals surface area contributed by atoms with Crippen molar-refractivity contribution in [3.8, 4) is 0 Å². The minimum Gasteiger partial charge on any atom is -0.444 e. The highest BCUT2D eigenvalue weighted by molar-refractivity contribution is 7.12. The van der Waals surface area contributed by atoms with Crippen LogP contribution in [-0.4, -0.2) is 58.2 Å². The molecule has 8 heteroatoms. The summed E-state index contributed by atoms with van der Waals surface area (Å²) in [6.45, 7) is 9.90. The quantitative estimate of drug-likeness (QED) is 0.891. The molecule has 1 saturated heterocycles. The van der Waals surface area contributed by atoms with E-state index < -0.39 is 11.7 Å². The number of alkyl carbamates (subject to hydrolysis) is 1. The lowest BCUT2D eigenvalue weighted by atomic mass is 10.0. The van der Waals surface area contributed by atoms with Crippen LogP contribution >= 0.6 is 11.3 Å². The van der Waals surface area contributed by atoms with E-state index in [0.717, 1.165) is 22.0 Å². The summed E-state index contributed by atoms with van der Waals surface area (Å²) < 4.78 is 5.23. The first-order valence-corrected chi connectivity index (χ1v) is 9.27. The number of carbonyl (C=O) groups is 2. The molecule has 0 spiro atoms. The largest absolute Gasteiger partial charge is 0.444 e. The van der Waals surface area contributed by atoms with Gasteiger partial charge in [0.05, 0.1) is 17.5 Å². The van der Waals surface area contributed by atoms with Gasteiger partial charge >= 0.3 is 12.1 Å². The molecule has 2 aliphatic rings. The number of rotatable bonds is 4. The molecule has 0 aliphatic carbocycles. The van der Waals surface area contributed by atoms with Gasteiger partial charge in [-0.3, -0.25) is 0 Å². The smallest absolute Gasteiger partial charge is 0.408 e. The van der Waals surface area contributed by atoms with Gasteiger partial charge in [-0.2, -0.15) is 0 Å². The van der Waals surface area contributed by atoms with Crippen LogP contribution in [0.15, 0.2) is 12.3 Å². The number of carbonyl (C=O) groups excluding carboxylic acids is 2. The van der Waals surface area contributed by atoms with Gasteiger partial charge in [0.2, 0.25) is 0 Å². The Kier molecular flexibility index (Phi) is 4.73. The number of aromatic nitrogens is 1. The Morgan fingerprint density at radius 2 is 2.24 bits per heavy atom. The maximum Gasteiger partial charge on any atom is 0.408 e. The summed E-state index contributed by atoms with van der Waals surface area (Å²) in [6.07, 6.45) is 3.49. The molecule has 2 aliphatic heterocycles. The molecule has 7 nitrogen and oxygen atoms in total. The van der Waals surface area contributed by atoms with Crippen LogP contribution < -0.4 is 5.32 Å². The molecule has 0 aromatic carbocycles. The first-order chi connectivity index (χ1) is 11.8. The second-order valence-electron chi connectivity index (χ2n) is 7.12. The number of likely N-dealkylation sites (N-methyl/N-ethyl adjacent to an activating group) is 1. The SMILES string of the molecule is CCN1C(=O)N2CC=C(c3cnc(CNC(=O)OC(C)(C)C)s3)C1C2. The topological polar surface area (TPSA) is 74.8 Å². The Balaban J connectivity index is 1.65. The molecule has 2 bridgehead atoms. The predicted octanol–water partition coefficient (Wildman–Crippen LogP) is 2.69. The summed E-state index contributed by atoms with van der Waals surface area (Å²) in [5, 5.41) is 3.54. The van der Waals surface area contributed by atoms with Gasteiger partial charge in [-0.1, -0.05) is 6.08 Å². The molecule has 3 rings (SSSR count). The summed E-state index contributed by atoms with van der Waals surface area (Å²) in [4.78, 5) is 33.2. The zero-order valence-corrected chi connectivity index (χ0v) is 15.9. The van der Waals surface area contributed by atoms with Gasteiger partial charge < -0.3 is 19.9 Å². The van der Waals surface area contributed by atoms with E-state index in [2.05, 4.69) is 16.4 Å². The van der Waals surface area contributed by atoms with Gasteiger partial charge in [0.15, 0.2) is 0 Å². The van der Waals surface area contributed by atoms with Crippen molar-refractivity contribution in [3.63, 3.8) is 0 Å². The first kappa shape index (κ1) is 17.7. The first-order valence-electron chi connectivity index (χ1n) is 8.46. The Labute approximate surface area is 151 Å². The number of thiazole rings is 1. The van der Waals surface area contributed by atoms with Crippen LogP contribution in [0.3, 0.4) is 0 Å². The van der Waals surface area contributed by atoms with E-state index in [0.29, 0.717) is 19.6 Å². The van der Waals surface area contributed by atoms with Gasteiger partial charge in [0.25, 0.3) is 0 Å². The van der Waals surface area contributed by atoms with Gasteiger partial charge in [0.1, 0.15) is 10.6 Å². The zero-order valence-electron chi connectivity index (χ0n) is 15.0. The molecule has 1 N–H and O–H groups in total. The fraction of sp³-hybridized carbons (Fsp3) is 0.588. The van der Waals surface area contributed by atoms with Crippen molar-refractivity contribution < 1.29 is 14.3 Å². The lowest BCUT2D eigenvalue weighted by molar-refractivity contribution is 0.0523. The Morgan fingerprint density at radius 1 is 1.48 bits per heavy atom. The molecule has 1 fully saturated rings. The van der Waals surface area contributed by atoms with Gasteiger partial charge in [-0.05, 0) is 33.3 Å². The summed E-state index contributed by atoms with van der Waals surface area (Å²) in [6, 6.07) is 0.202. The van der Waals surface area contributed by atoms with Crippen molar-refractivity contribution in [1.29, 1.82) is 0 Å². The van der Waals surface area contributed by atoms with Gasteiger partial charge in [-0.15, -0.1) is 11.3 Å². The van der Waals surface area contributed by atoms with Crippen LogP contribution in [0.2, 0.25) is 0 Å². The molecule has 1 aromatic rings. The molecule has 1 aromatic heterocycles. The summed E-state index contributed by atoms with van der Waals surface area (Å²) >= 11 is 1.54. The van der Waals surface area contributed by atoms with E-state index >= 15 is 0 Å². The summed E-state index contributed by atoms with van der Waals surface area (Å²) in [5.41, 5.74) is 0.639. The van der Waals surface area contributed by atoms with E-state index in [9.17, 15) is 9.59 Å². The van der Waals surface area contributed by atoms with Crippen molar-refractivity contribution in [1.82, 2.24) is 20.1 Å². The minimum atomic E-state index is -0.518. The average Bonchev–Trinajstić information content (AvgIpc) is 3.09. The van der Waals surface area contributed by atoms with Crippen LogP contribution in [0.5, 0.6) is 0 Å². The highest BCUT2D eigenvalue weighted by Gasteiger charge is 2.41. The van der Waals surface area contributed by atoms with E-state index in [1.807, 2.05) is 43.7 Å². The van der Waals surface area contributed by atoms with Crippen molar-refractivity contribution >= 4 is 29.0 Å². The van der Waals surface area contributed by atoms with Crippen LogP contribution in [0.25, 0.3) is 5.57 Å². The third-order valence-corrected chi connectivity index (χ3v) is 5.18. The van der Waals surface area contributed by atoms with E-state index in [-0.39, 0.29) is 12.1 Å². The van der Waals surface area contributed by atoms with E-state index in [1.54, 1.807) is 11.3 Å². The Hall–Kier alpha value is -2.09. The van der Waals surface area contributed by atoms with Crippen molar-refractivity contribution in [3.05, 3.63) is 22.2 Å². The highest BCUT2D eigenvalue weighted by Crippen LogP contribution is 2.34. The number of nitrogens with zero attached hydrogens (tertiary/aromatic N) is 3. The number of amides is 3. The zero-order chi connectivity index (χ0) is 18.2. The molecule has 0 saturated carbocycles. The maximum atomic E-state index is 12.2. The summed E-state index contributed by atoms with van der Waals surface area (Å²) in [7, 11) is 0. The maximum absolute atomic E-state index is 12.2. The lowest BCUT2D eigenvalue weighted by Gasteiger charge is -2.24. The third kappa shape index (κ3) is 3.78. The van der Waals surface area contributed by atoms with Crippen LogP contribution in [0.1, 0.15) is 37.6 Å². The number of hydrogen-bond donors (Lipinski definition) is 1. The monoisotopic (exact) mass is 364 g/mol. The highest BCUT2D eigenvalue weighted by atomic mass is 32.1. The van der Waals surface area contributed by atoms with Crippen LogP contribution in [0, 0.1) is 0 Å². The van der Waals surface area contributed by atoms with Gasteiger partial charge in [0, 0.05) is 25.8 Å².